The average Bonchev–Trinajstić information content (AvgIpc) is 2.79. The van der Waals surface area contributed by atoms with E-state index in [0.717, 1.165) is 12.0 Å². The maximum absolute atomic E-state index is 10.6. The summed E-state index contributed by atoms with van der Waals surface area (Å²) in [4.78, 5) is 1.40. The first kappa shape index (κ1) is 12.5. The lowest BCUT2D eigenvalue weighted by molar-refractivity contribution is 0.0735. The van der Waals surface area contributed by atoms with Gasteiger partial charge in [0.1, 0.15) is 0 Å². The molecule has 3 rings (SSSR count). The normalized spacial score (nSPS) is 22.3. The van der Waals surface area contributed by atoms with Crippen molar-refractivity contribution in [2.75, 3.05) is 12.8 Å². The van der Waals surface area contributed by atoms with Crippen molar-refractivity contribution >= 4 is 11.8 Å². The van der Waals surface area contributed by atoms with E-state index in [2.05, 4.69) is 23.5 Å². The van der Waals surface area contributed by atoms with Crippen molar-refractivity contribution in [1.29, 1.82) is 0 Å². The molecule has 0 aromatic heterocycles. The van der Waals surface area contributed by atoms with E-state index in [4.69, 9.17) is 0 Å². The summed E-state index contributed by atoms with van der Waals surface area (Å²) in [5.74, 6) is 1.83. The maximum Gasteiger partial charge on any atom is 0.0945 e. The van der Waals surface area contributed by atoms with Gasteiger partial charge in [0.05, 0.1) is 6.10 Å². The molecule has 2 atom stereocenters. The number of aliphatic hydroxyl groups excluding tert-OH is 1. The fourth-order valence-corrected chi connectivity index (χ4v) is 4.10. The molecule has 1 heterocycles. The van der Waals surface area contributed by atoms with Crippen LogP contribution in [0.15, 0.2) is 23.1 Å². The Bertz CT molecular complexity index is 431. The minimum absolute atomic E-state index is 0.214. The molecule has 2 nitrogen and oxygen atoms in total. The number of thioether (sulfide) groups is 1. The second-order valence-corrected chi connectivity index (χ2v) is 6.55. The monoisotopic (exact) mass is 263 g/mol. The Labute approximate surface area is 113 Å². The molecular weight excluding hydrogens is 242 g/mol. The largest absolute Gasteiger partial charge is 0.387 e. The first-order valence-corrected chi connectivity index (χ1v) is 7.89. The van der Waals surface area contributed by atoms with Crippen LogP contribution in [0.2, 0.25) is 0 Å². The van der Waals surface area contributed by atoms with Crippen LogP contribution in [0, 0.1) is 5.92 Å². The number of aliphatic hydroxyl groups is 1. The van der Waals surface area contributed by atoms with E-state index in [9.17, 15) is 5.11 Å². The highest BCUT2D eigenvalue weighted by atomic mass is 32.2. The predicted octanol–water partition coefficient (Wildman–Crippen LogP) is 2.76. The third-order valence-electron chi connectivity index (χ3n) is 4.39. The van der Waals surface area contributed by atoms with Gasteiger partial charge in [-0.25, -0.2) is 0 Å². The Morgan fingerprint density at radius 1 is 1.39 bits per heavy atom. The van der Waals surface area contributed by atoms with Crippen LogP contribution in [-0.2, 0) is 6.42 Å². The molecule has 2 N–H and O–H groups in total. The second kappa shape index (κ2) is 5.24. The molecule has 0 bridgehead atoms. The molecule has 0 spiro atoms. The molecule has 2 unspecified atom stereocenters. The van der Waals surface area contributed by atoms with E-state index in [1.807, 2.05) is 18.8 Å². The smallest absolute Gasteiger partial charge is 0.0945 e. The number of hydrogen-bond donors (Lipinski definition) is 2. The van der Waals surface area contributed by atoms with Crippen LogP contribution in [-0.4, -0.2) is 23.9 Å². The Kier molecular flexibility index (Phi) is 3.64. The van der Waals surface area contributed by atoms with Crippen molar-refractivity contribution < 1.29 is 5.11 Å². The molecule has 98 valence electrons. The molecule has 1 aromatic carbocycles. The van der Waals surface area contributed by atoms with Gasteiger partial charge in [0.2, 0.25) is 0 Å². The van der Waals surface area contributed by atoms with Crippen molar-refractivity contribution in [2.45, 2.75) is 42.7 Å². The second-order valence-electron chi connectivity index (χ2n) is 5.42. The molecule has 2 aliphatic rings. The number of rotatable bonds is 4. The van der Waals surface area contributed by atoms with Gasteiger partial charge in [-0.1, -0.05) is 18.6 Å². The zero-order valence-corrected chi connectivity index (χ0v) is 11.7. The van der Waals surface area contributed by atoms with E-state index in [1.165, 1.54) is 35.5 Å². The summed E-state index contributed by atoms with van der Waals surface area (Å²) < 4.78 is 0. The lowest BCUT2D eigenvalue weighted by atomic mass is 9.76. The van der Waals surface area contributed by atoms with Gasteiger partial charge in [-0.3, -0.25) is 0 Å². The number of likely N-dealkylation sites (N-methyl/N-ethyl adjacent to an activating group) is 1. The molecular formula is C15H21NOS. The zero-order chi connectivity index (χ0) is 12.5. The van der Waals surface area contributed by atoms with Crippen LogP contribution in [0.4, 0.5) is 0 Å². The summed E-state index contributed by atoms with van der Waals surface area (Å²) in [5.41, 5.74) is 2.50. The van der Waals surface area contributed by atoms with Gasteiger partial charge in [0.15, 0.2) is 0 Å². The summed E-state index contributed by atoms with van der Waals surface area (Å²) >= 11 is 1.93. The summed E-state index contributed by atoms with van der Waals surface area (Å²) in [6.45, 7) is 0. The molecule has 1 fully saturated rings. The molecule has 0 amide bonds. The number of nitrogens with one attached hydrogen (secondary N) is 1. The van der Waals surface area contributed by atoms with Gasteiger partial charge in [0, 0.05) is 16.7 Å². The Hall–Kier alpha value is -0.510. The van der Waals surface area contributed by atoms with E-state index < -0.39 is 0 Å². The van der Waals surface area contributed by atoms with Crippen molar-refractivity contribution in [3.8, 4) is 0 Å². The third kappa shape index (κ3) is 2.20. The topological polar surface area (TPSA) is 32.3 Å². The SMILES string of the molecule is CNC(C1CCC1)C(O)c1ccc2c(c1)CCS2. The zero-order valence-electron chi connectivity index (χ0n) is 10.9. The quantitative estimate of drug-likeness (QED) is 0.876. The van der Waals surface area contributed by atoms with E-state index in [1.54, 1.807) is 0 Å². The molecule has 18 heavy (non-hydrogen) atoms. The maximum atomic E-state index is 10.6. The summed E-state index contributed by atoms with van der Waals surface area (Å²) in [5, 5.41) is 13.9. The van der Waals surface area contributed by atoms with Crippen molar-refractivity contribution in [2.24, 2.45) is 5.92 Å². The fraction of sp³-hybridized carbons (Fsp3) is 0.600. The van der Waals surface area contributed by atoms with E-state index in [-0.39, 0.29) is 12.1 Å². The average molecular weight is 263 g/mol. The number of benzene rings is 1. The molecule has 1 aliphatic carbocycles. The molecule has 0 radical (unpaired) electrons. The van der Waals surface area contributed by atoms with Crippen LogP contribution in [0.25, 0.3) is 0 Å². The van der Waals surface area contributed by atoms with E-state index >= 15 is 0 Å². The predicted molar refractivity (Wildman–Crippen MR) is 76.0 cm³/mol. The lowest BCUT2D eigenvalue weighted by Gasteiger charge is -2.36. The minimum Gasteiger partial charge on any atom is -0.387 e. The van der Waals surface area contributed by atoms with Crippen LogP contribution < -0.4 is 5.32 Å². The lowest BCUT2D eigenvalue weighted by Crippen LogP contribution is -2.42. The van der Waals surface area contributed by atoms with Gasteiger partial charge in [-0.2, -0.15) is 0 Å². The van der Waals surface area contributed by atoms with Crippen LogP contribution in [0.3, 0.4) is 0 Å². The van der Waals surface area contributed by atoms with Crippen LogP contribution in [0.5, 0.6) is 0 Å². The van der Waals surface area contributed by atoms with Gasteiger partial charge >= 0.3 is 0 Å². The summed E-state index contributed by atoms with van der Waals surface area (Å²) in [6, 6.07) is 6.71. The molecule has 1 saturated carbocycles. The Balaban J connectivity index is 1.80. The van der Waals surface area contributed by atoms with Crippen LogP contribution >= 0.6 is 11.8 Å². The van der Waals surface area contributed by atoms with Crippen molar-refractivity contribution in [3.63, 3.8) is 0 Å². The van der Waals surface area contributed by atoms with Gasteiger partial charge in [-0.15, -0.1) is 11.8 Å². The minimum atomic E-state index is -0.365. The highest BCUT2D eigenvalue weighted by Crippen LogP contribution is 2.37. The third-order valence-corrected chi connectivity index (χ3v) is 5.50. The molecule has 3 heteroatoms. The van der Waals surface area contributed by atoms with Crippen LogP contribution in [0.1, 0.15) is 36.5 Å². The Morgan fingerprint density at radius 2 is 2.22 bits per heavy atom. The van der Waals surface area contributed by atoms with Gasteiger partial charge in [-0.05, 0) is 49.4 Å². The Morgan fingerprint density at radius 3 is 2.89 bits per heavy atom. The molecule has 1 aromatic rings. The number of aryl methyl sites for hydroxylation is 1. The number of fused-ring (bicyclic) bond motifs is 1. The van der Waals surface area contributed by atoms with E-state index in [0.29, 0.717) is 5.92 Å². The van der Waals surface area contributed by atoms with Gasteiger partial charge < -0.3 is 10.4 Å². The summed E-state index contributed by atoms with van der Waals surface area (Å²) in [6.07, 6.45) is 4.60. The standard InChI is InChI=1S/C15H21NOS/c1-16-14(10-3-2-4-10)15(17)12-5-6-13-11(9-12)7-8-18-13/h5-6,9-10,14-17H,2-4,7-8H2,1H3. The highest BCUT2D eigenvalue weighted by molar-refractivity contribution is 7.99. The van der Waals surface area contributed by atoms with Crippen molar-refractivity contribution in [3.05, 3.63) is 29.3 Å². The van der Waals surface area contributed by atoms with Crippen molar-refractivity contribution in [1.82, 2.24) is 5.32 Å². The first-order valence-electron chi connectivity index (χ1n) is 6.90. The first-order chi connectivity index (χ1) is 8.79. The summed E-state index contributed by atoms with van der Waals surface area (Å²) in [7, 11) is 1.97. The van der Waals surface area contributed by atoms with Gasteiger partial charge in [0.25, 0.3) is 0 Å². The highest BCUT2D eigenvalue weighted by Gasteiger charge is 2.32. The molecule has 1 aliphatic heterocycles. The number of hydrogen-bond acceptors (Lipinski definition) is 3. The molecule has 0 saturated heterocycles. The fourth-order valence-electron chi connectivity index (χ4n) is 3.05.